The lowest BCUT2D eigenvalue weighted by Crippen LogP contribution is -2.18. The number of hydrogen-bond acceptors (Lipinski definition) is 6. The van der Waals surface area contributed by atoms with Crippen molar-refractivity contribution in [2.45, 2.75) is 6.42 Å². The number of methoxy groups -OCH3 is 1. The first kappa shape index (κ1) is 22.4. The van der Waals surface area contributed by atoms with Crippen molar-refractivity contribution in [3.05, 3.63) is 93.5 Å². The molecule has 3 aromatic rings. The van der Waals surface area contributed by atoms with Gasteiger partial charge in [-0.15, -0.1) is 0 Å². The van der Waals surface area contributed by atoms with Crippen LogP contribution in [-0.2, 0) is 6.42 Å². The van der Waals surface area contributed by atoms with Crippen molar-refractivity contribution in [2.75, 3.05) is 24.4 Å². The van der Waals surface area contributed by atoms with Crippen LogP contribution in [0.25, 0.3) is 0 Å². The number of hydrogen-bond donors (Lipinski definition) is 3. The number of nitrogens with one attached hydrogen (secondary N) is 2. The van der Waals surface area contributed by atoms with E-state index in [9.17, 15) is 19.7 Å². The molecule has 0 heterocycles. The normalized spacial score (nSPS) is 10.3. The van der Waals surface area contributed by atoms with Crippen LogP contribution in [0.5, 0.6) is 5.75 Å². The first-order chi connectivity index (χ1) is 15.4. The third kappa shape index (κ3) is 5.46. The minimum atomic E-state index is -0.552. The number of ether oxygens (including phenoxy) is 1. The van der Waals surface area contributed by atoms with Crippen LogP contribution < -0.4 is 15.4 Å². The lowest BCUT2D eigenvalue weighted by molar-refractivity contribution is -0.384. The third-order valence-corrected chi connectivity index (χ3v) is 4.67. The van der Waals surface area contributed by atoms with Gasteiger partial charge in [-0.25, -0.2) is 0 Å². The van der Waals surface area contributed by atoms with Crippen LogP contribution in [0.1, 0.15) is 26.3 Å². The average Bonchev–Trinajstić information content (AvgIpc) is 2.80. The number of non-ortho nitro benzene ring substituents is 1. The summed E-state index contributed by atoms with van der Waals surface area (Å²) in [5, 5.41) is 25.2. The summed E-state index contributed by atoms with van der Waals surface area (Å²) in [6.45, 7) is 0.0351. The van der Waals surface area contributed by atoms with Gasteiger partial charge in [-0.05, 0) is 54.4 Å². The molecule has 164 valence electrons. The monoisotopic (exact) mass is 435 g/mol. The number of benzene rings is 3. The molecule has 0 aliphatic rings. The van der Waals surface area contributed by atoms with Crippen LogP contribution in [0.3, 0.4) is 0 Å². The molecular weight excluding hydrogens is 414 g/mol. The van der Waals surface area contributed by atoms with Gasteiger partial charge in [-0.2, -0.15) is 0 Å². The SMILES string of the molecule is COc1ccc(NC(=O)c2ccc([N+](=O)[O-])cc2)c(C(=O)Nc2ccc(CCO)cc2)c1. The molecule has 9 heteroatoms. The van der Waals surface area contributed by atoms with Gasteiger partial charge in [0, 0.05) is 30.0 Å². The maximum absolute atomic E-state index is 12.9. The van der Waals surface area contributed by atoms with Gasteiger partial charge < -0.3 is 20.5 Å². The molecule has 3 aromatic carbocycles. The second-order valence-corrected chi connectivity index (χ2v) is 6.79. The highest BCUT2D eigenvalue weighted by Crippen LogP contribution is 2.24. The minimum Gasteiger partial charge on any atom is -0.497 e. The Kier molecular flexibility index (Phi) is 7.14. The van der Waals surface area contributed by atoms with E-state index in [2.05, 4.69) is 10.6 Å². The highest BCUT2D eigenvalue weighted by Gasteiger charge is 2.17. The summed E-state index contributed by atoms with van der Waals surface area (Å²) in [4.78, 5) is 35.8. The van der Waals surface area contributed by atoms with E-state index in [4.69, 9.17) is 9.84 Å². The second kappa shape index (κ2) is 10.2. The highest BCUT2D eigenvalue weighted by atomic mass is 16.6. The number of nitrogens with zero attached hydrogens (tertiary/aromatic N) is 1. The van der Waals surface area contributed by atoms with Crippen molar-refractivity contribution in [1.29, 1.82) is 0 Å². The van der Waals surface area contributed by atoms with Crippen molar-refractivity contribution < 1.29 is 24.4 Å². The molecule has 3 rings (SSSR count). The number of anilines is 2. The van der Waals surface area contributed by atoms with Crippen molar-refractivity contribution in [3.8, 4) is 5.75 Å². The van der Waals surface area contributed by atoms with Gasteiger partial charge in [-0.3, -0.25) is 19.7 Å². The van der Waals surface area contributed by atoms with E-state index < -0.39 is 16.7 Å². The Morgan fingerprint density at radius 1 is 0.969 bits per heavy atom. The zero-order valence-corrected chi connectivity index (χ0v) is 17.2. The molecule has 0 unspecified atom stereocenters. The first-order valence-corrected chi connectivity index (χ1v) is 9.66. The number of amides is 2. The van der Waals surface area contributed by atoms with Crippen LogP contribution in [0, 0.1) is 10.1 Å². The fourth-order valence-electron chi connectivity index (χ4n) is 2.96. The molecule has 0 aliphatic heterocycles. The zero-order valence-electron chi connectivity index (χ0n) is 17.2. The predicted octanol–water partition coefficient (Wildman–Crippen LogP) is 3.64. The molecule has 32 heavy (non-hydrogen) atoms. The maximum atomic E-state index is 12.9. The first-order valence-electron chi connectivity index (χ1n) is 9.66. The van der Waals surface area contributed by atoms with Crippen molar-refractivity contribution in [1.82, 2.24) is 0 Å². The Bertz CT molecular complexity index is 1130. The van der Waals surface area contributed by atoms with Crippen LogP contribution in [0.2, 0.25) is 0 Å². The van der Waals surface area contributed by atoms with E-state index in [1.54, 1.807) is 36.4 Å². The fourth-order valence-corrected chi connectivity index (χ4v) is 2.96. The summed E-state index contributed by atoms with van der Waals surface area (Å²) < 4.78 is 5.20. The van der Waals surface area contributed by atoms with Crippen molar-refractivity contribution in [2.24, 2.45) is 0 Å². The number of nitro benzene ring substituents is 1. The Morgan fingerprint density at radius 3 is 2.25 bits per heavy atom. The van der Waals surface area contributed by atoms with Crippen LogP contribution in [-0.4, -0.2) is 35.6 Å². The average molecular weight is 435 g/mol. The molecule has 0 aliphatic carbocycles. The second-order valence-electron chi connectivity index (χ2n) is 6.79. The number of aliphatic hydroxyl groups is 1. The molecule has 0 spiro atoms. The fraction of sp³-hybridized carbons (Fsp3) is 0.130. The number of nitro groups is 1. The summed E-state index contributed by atoms with van der Waals surface area (Å²) in [5.41, 5.74) is 1.99. The maximum Gasteiger partial charge on any atom is 0.269 e. The Balaban J connectivity index is 1.81. The molecular formula is C23H21N3O6. The highest BCUT2D eigenvalue weighted by molar-refractivity contribution is 6.12. The molecule has 0 radical (unpaired) electrons. The summed E-state index contributed by atoms with van der Waals surface area (Å²) in [6, 6.07) is 16.8. The summed E-state index contributed by atoms with van der Waals surface area (Å²) in [5.74, 6) is -0.549. The number of carbonyl (C=O) groups excluding carboxylic acids is 2. The quantitative estimate of drug-likeness (QED) is 0.366. The van der Waals surface area contributed by atoms with Crippen LogP contribution in [0.15, 0.2) is 66.7 Å². The molecule has 3 N–H and O–H groups in total. The summed E-state index contributed by atoms with van der Waals surface area (Å²) in [7, 11) is 1.46. The predicted molar refractivity (Wildman–Crippen MR) is 119 cm³/mol. The minimum absolute atomic E-state index is 0.0351. The van der Waals surface area contributed by atoms with Gasteiger partial charge in [0.1, 0.15) is 5.75 Å². The van der Waals surface area contributed by atoms with E-state index in [1.807, 2.05) is 0 Å². The molecule has 0 fully saturated rings. The van der Waals surface area contributed by atoms with Gasteiger partial charge >= 0.3 is 0 Å². The van der Waals surface area contributed by atoms with Crippen LogP contribution in [0.4, 0.5) is 17.1 Å². The molecule has 0 bridgehead atoms. The zero-order chi connectivity index (χ0) is 23.1. The summed E-state index contributed by atoms with van der Waals surface area (Å²) >= 11 is 0. The lowest BCUT2D eigenvalue weighted by atomic mass is 10.1. The molecule has 2 amide bonds. The van der Waals surface area contributed by atoms with Gasteiger partial charge in [-0.1, -0.05) is 12.1 Å². The van der Waals surface area contributed by atoms with Gasteiger partial charge in [0.2, 0.25) is 0 Å². The number of rotatable bonds is 8. The largest absolute Gasteiger partial charge is 0.497 e. The Morgan fingerprint density at radius 2 is 1.66 bits per heavy atom. The number of aliphatic hydroxyl groups excluding tert-OH is 1. The molecule has 0 saturated carbocycles. The van der Waals surface area contributed by atoms with E-state index >= 15 is 0 Å². The standard InChI is InChI=1S/C23H21N3O6/c1-32-19-10-11-21(25-22(28)16-4-8-18(9-5-16)26(30)31)20(14-19)23(29)24-17-6-2-15(3-7-17)12-13-27/h2-11,14,27H,12-13H2,1H3,(H,24,29)(H,25,28). The Labute approximate surface area is 183 Å². The van der Waals surface area contributed by atoms with E-state index in [0.29, 0.717) is 17.9 Å². The number of carbonyl (C=O) groups is 2. The Hall–Kier alpha value is -4.24. The van der Waals surface area contributed by atoms with Crippen molar-refractivity contribution >= 4 is 28.9 Å². The summed E-state index contributed by atoms with van der Waals surface area (Å²) in [6.07, 6.45) is 0.517. The molecule has 0 aromatic heterocycles. The van der Waals surface area contributed by atoms with E-state index in [0.717, 1.165) is 5.56 Å². The third-order valence-electron chi connectivity index (χ3n) is 4.67. The molecule has 0 saturated heterocycles. The van der Waals surface area contributed by atoms with Crippen molar-refractivity contribution in [3.63, 3.8) is 0 Å². The van der Waals surface area contributed by atoms with Gasteiger partial charge in [0.25, 0.3) is 17.5 Å². The van der Waals surface area contributed by atoms with Gasteiger partial charge in [0.05, 0.1) is 23.3 Å². The van der Waals surface area contributed by atoms with Crippen LogP contribution >= 0.6 is 0 Å². The van der Waals surface area contributed by atoms with Gasteiger partial charge in [0.15, 0.2) is 0 Å². The molecule has 0 atom stereocenters. The lowest BCUT2D eigenvalue weighted by Gasteiger charge is -2.13. The molecule has 9 nitrogen and oxygen atoms in total. The smallest absolute Gasteiger partial charge is 0.269 e. The topological polar surface area (TPSA) is 131 Å². The van der Waals surface area contributed by atoms with E-state index in [1.165, 1.54) is 37.4 Å². The van der Waals surface area contributed by atoms with E-state index in [-0.39, 0.29) is 29.1 Å².